The van der Waals surface area contributed by atoms with E-state index in [4.69, 9.17) is 75.8 Å². The van der Waals surface area contributed by atoms with E-state index in [2.05, 4.69) is 45.5 Å². The Hall–Kier alpha value is -10.5. The number of esters is 4. The molecule has 0 N–H and O–H groups in total. The molecule has 0 heterocycles. The molecule has 104 heavy (non-hydrogen) atoms. The topological polar surface area (TPSA) is 327 Å². The number of nitrogens with zero attached hydrogens (tertiary/aromatic N) is 4. The van der Waals surface area contributed by atoms with Crippen molar-refractivity contribution in [3.05, 3.63) is 208 Å². The Morgan fingerprint density at radius 3 is 0.750 bits per heavy atom. The van der Waals surface area contributed by atoms with E-state index in [1.54, 1.807) is 52.7 Å². The predicted octanol–water partition coefficient (Wildman–Crippen LogP) is 8.55. The summed E-state index contributed by atoms with van der Waals surface area (Å²) in [6, 6.07) is 29.9. The Labute approximate surface area is 602 Å². The molecule has 0 aromatic heterocycles. The zero-order chi connectivity index (χ0) is 74.2. The molecule has 0 spiro atoms. The molecule has 6 rings (SSSR count). The monoisotopic (exact) mass is 1430 g/mol. The second-order valence-corrected chi connectivity index (χ2v) is 21.5. The molecule has 6 aromatic rings. The number of carbonyl (C=O) groups is 4. The van der Waals surface area contributed by atoms with Gasteiger partial charge >= 0.3 is 23.9 Å². The van der Waals surface area contributed by atoms with E-state index in [-0.39, 0.29) is 147 Å². The van der Waals surface area contributed by atoms with E-state index in [9.17, 15) is 39.4 Å². The number of nitro groups is 2. The molecule has 0 fully saturated rings. The lowest BCUT2D eigenvalue weighted by Gasteiger charge is -2.08. The maximum absolute atomic E-state index is 13.9. The summed E-state index contributed by atoms with van der Waals surface area (Å²) in [4.78, 5) is 85.8. The van der Waals surface area contributed by atoms with Crippen LogP contribution in [0.3, 0.4) is 0 Å². The largest absolute Gasteiger partial charge is 0.460 e. The van der Waals surface area contributed by atoms with Crippen molar-refractivity contribution in [3.63, 3.8) is 0 Å². The molecule has 0 aliphatic carbocycles. The Morgan fingerprint density at radius 2 is 0.519 bits per heavy atom. The quantitative estimate of drug-likeness (QED) is 0.00656. The molecule has 0 aliphatic heterocycles. The minimum atomic E-state index is -0.737. The molecule has 6 aromatic carbocycles. The van der Waals surface area contributed by atoms with Crippen molar-refractivity contribution in [2.45, 2.75) is 0 Å². The third-order valence-electron chi connectivity index (χ3n) is 13.7. The van der Waals surface area contributed by atoms with Crippen molar-refractivity contribution in [1.82, 2.24) is 0 Å². The van der Waals surface area contributed by atoms with Crippen LogP contribution in [0.25, 0.3) is 0 Å². The number of ether oxygens (including phenoxy) is 16. The van der Waals surface area contributed by atoms with Gasteiger partial charge in [-0.1, -0.05) is 35.5 Å². The summed E-state index contributed by atoms with van der Waals surface area (Å²) < 4.78 is 86.4. The Morgan fingerprint density at radius 1 is 0.308 bits per heavy atom. The maximum atomic E-state index is 13.9. The van der Waals surface area contributed by atoms with Crippen molar-refractivity contribution < 1.29 is 105 Å². The first kappa shape index (κ1) is 82.5. The van der Waals surface area contributed by atoms with E-state index in [1.807, 2.05) is 0 Å². The molecular formula is C76H82N4O24. The molecule has 0 radical (unpaired) electrons. The van der Waals surface area contributed by atoms with Gasteiger partial charge in [-0.25, -0.2) is 19.2 Å². The van der Waals surface area contributed by atoms with Crippen molar-refractivity contribution in [2.24, 2.45) is 9.98 Å². The molecule has 28 nitrogen and oxygen atoms in total. The first-order valence-corrected chi connectivity index (χ1v) is 32.7. The van der Waals surface area contributed by atoms with E-state index in [0.717, 1.165) is 0 Å². The first-order valence-electron chi connectivity index (χ1n) is 32.7. The van der Waals surface area contributed by atoms with E-state index < -0.39 is 33.7 Å². The van der Waals surface area contributed by atoms with Gasteiger partial charge in [0, 0.05) is 98.5 Å². The molecule has 0 atom stereocenters. The normalized spacial score (nSPS) is 10.9. The number of hydrogen-bond donors (Lipinski definition) is 0. The predicted molar refractivity (Wildman–Crippen MR) is 380 cm³/mol. The van der Waals surface area contributed by atoms with Gasteiger partial charge < -0.3 is 75.8 Å². The van der Waals surface area contributed by atoms with Crippen LogP contribution in [0.4, 0.5) is 22.7 Å². The van der Waals surface area contributed by atoms with E-state index in [0.29, 0.717) is 102 Å². The summed E-state index contributed by atoms with van der Waals surface area (Å²) in [5, 5.41) is 22.7. The molecule has 0 amide bonds. The summed E-state index contributed by atoms with van der Waals surface area (Å²) in [6.45, 7) is 5.32. The van der Waals surface area contributed by atoms with Crippen LogP contribution >= 0.6 is 0 Å². The van der Waals surface area contributed by atoms with Gasteiger partial charge in [0.25, 0.3) is 11.4 Å². The highest BCUT2D eigenvalue weighted by molar-refractivity contribution is 5.94. The fourth-order valence-corrected chi connectivity index (χ4v) is 8.59. The lowest BCUT2D eigenvalue weighted by Crippen LogP contribution is -2.14. The van der Waals surface area contributed by atoms with Crippen molar-refractivity contribution in [3.8, 4) is 35.5 Å². The Bertz CT molecular complexity index is 3720. The molecule has 0 aliphatic rings. The first-order chi connectivity index (χ1) is 50.7. The standard InChI is InChI=1S/C76H82N4O24/c1-89-19-23-93-27-31-97-35-39-101-73(81)65-45-59(43-61(47-65)7-9-63-49-67(75(83)103-41-37-99-33-29-95-25-21-91-3)53-69(51-63)77-55-57-11-15-71(16-12-57)79(85)86)5-6-60-44-62(48-66(46-60)74(82)102-40-36-98-32-28-94-24-20-90-2)8-10-64-50-68(76(84)104-42-38-100-34-30-96-26-22-92-4)54-70(52-64)78-56-58-13-17-72(18-14-58)80(87)88/h11-18,43-56H,19-42H2,1-4H3. The average Bonchev–Trinajstić information content (AvgIpc) is 0.839. The SMILES string of the molecule is COCCOCCOCCOC(=O)c1cc(C#Cc2cc(C#Cc3cc(N=Cc4ccc([N+](=O)[O-])cc4)cc(C(=O)OCCOCCOCCOC)c3)cc(C(=O)OCCOCCOCCOC)c2)cc(C#Cc2cc(N=Cc3ccc([N+](=O)[O-])cc3)cc(C(=O)OCCOCCOCCOC)c2)c1. The van der Waals surface area contributed by atoms with Crippen LogP contribution in [0.2, 0.25) is 0 Å². The number of non-ortho nitro benzene ring substituents is 2. The molecule has 0 bridgehead atoms. The van der Waals surface area contributed by atoms with Crippen LogP contribution in [0, 0.1) is 55.8 Å². The summed E-state index contributed by atoms with van der Waals surface area (Å²) in [6.07, 6.45) is 2.93. The molecule has 0 saturated heterocycles. The van der Waals surface area contributed by atoms with Gasteiger partial charge in [-0.3, -0.25) is 30.2 Å². The number of rotatable bonds is 46. The van der Waals surface area contributed by atoms with Gasteiger partial charge in [0.05, 0.1) is 176 Å². The third kappa shape index (κ3) is 33.1. The Balaban J connectivity index is 1.37. The number of benzene rings is 6. The van der Waals surface area contributed by atoms with Crippen LogP contribution in [-0.4, -0.2) is 233 Å². The summed E-state index contributed by atoms with van der Waals surface area (Å²) in [5.41, 5.74) is 3.40. The highest BCUT2D eigenvalue weighted by Gasteiger charge is 2.16. The molecule has 0 saturated carbocycles. The smallest absolute Gasteiger partial charge is 0.338 e. The number of nitro benzene ring substituents is 2. The average molecular weight is 1440 g/mol. The fourth-order valence-electron chi connectivity index (χ4n) is 8.59. The van der Waals surface area contributed by atoms with Crippen LogP contribution in [0.15, 0.2) is 131 Å². The zero-order valence-corrected chi connectivity index (χ0v) is 58.3. The lowest BCUT2D eigenvalue weighted by molar-refractivity contribution is -0.385. The van der Waals surface area contributed by atoms with Crippen LogP contribution < -0.4 is 0 Å². The second kappa shape index (κ2) is 49.2. The van der Waals surface area contributed by atoms with Gasteiger partial charge in [0.2, 0.25) is 0 Å². The van der Waals surface area contributed by atoms with Gasteiger partial charge in [0.15, 0.2) is 0 Å². The van der Waals surface area contributed by atoms with Gasteiger partial charge in [-0.15, -0.1) is 0 Å². The van der Waals surface area contributed by atoms with Crippen LogP contribution in [0.1, 0.15) is 85.9 Å². The van der Waals surface area contributed by atoms with Crippen LogP contribution in [-0.2, 0) is 75.8 Å². The van der Waals surface area contributed by atoms with Gasteiger partial charge in [0.1, 0.15) is 26.4 Å². The van der Waals surface area contributed by atoms with E-state index >= 15 is 0 Å². The van der Waals surface area contributed by atoms with Gasteiger partial charge in [-0.05, 0) is 108 Å². The molecule has 0 unspecified atom stereocenters. The van der Waals surface area contributed by atoms with Crippen molar-refractivity contribution in [1.29, 1.82) is 0 Å². The lowest BCUT2D eigenvalue weighted by atomic mass is 10.0. The Kier molecular flexibility index (Phi) is 39.0. The minimum absolute atomic E-state index is 0.0543. The maximum Gasteiger partial charge on any atom is 0.338 e. The highest BCUT2D eigenvalue weighted by Crippen LogP contribution is 2.23. The summed E-state index contributed by atoms with van der Waals surface area (Å²) in [5.74, 6) is 15.6. The number of aliphatic imine (C=N–C) groups is 2. The third-order valence-corrected chi connectivity index (χ3v) is 13.7. The zero-order valence-electron chi connectivity index (χ0n) is 58.3. The van der Waals surface area contributed by atoms with Gasteiger partial charge in [-0.2, -0.15) is 0 Å². The summed E-state index contributed by atoms with van der Waals surface area (Å²) in [7, 11) is 6.27. The van der Waals surface area contributed by atoms with Crippen molar-refractivity contribution in [2.75, 3.05) is 187 Å². The molecular weight excluding hydrogens is 1350 g/mol. The number of hydrogen-bond acceptors (Lipinski definition) is 26. The number of methoxy groups -OCH3 is 4. The fraction of sp³-hybridized carbons (Fsp3) is 0.368. The summed E-state index contributed by atoms with van der Waals surface area (Å²) >= 11 is 0. The second-order valence-electron chi connectivity index (χ2n) is 21.5. The minimum Gasteiger partial charge on any atom is -0.460 e. The van der Waals surface area contributed by atoms with E-state index in [1.165, 1.54) is 109 Å². The highest BCUT2D eigenvalue weighted by atomic mass is 16.6. The van der Waals surface area contributed by atoms with Crippen LogP contribution in [0.5, 0.6) is 0 Å². The van der Waals surface area contributed by atoms with Crippen molar-refractivity contribution >= 4 is 59.1 Å². The molecule has 28 heteroatoms. The number of carbonyl (C=O) groups excluding carboxylic acids is 4. The molecule has 550 valence electrons.